The van der Waals surface area contributed by atoms with Gasteiger partial charge in [-0.25, -0.2) is 0 Å². The molecule has 4 aliphatic rings. The van der Waals surface area contributed by atoms with Crippen LogP contribution in [0.5, 0.6) is 0 Å². The Morgan fingerprint density at radius 3 is 1.25 bits per heavy atom. The summed E-state index contributed by atoms with van der Waals surface area (Å²) < 4.78 is 0. The van der Waals surface area contributed by atoms with Gasteiger partial charge in [0.15, 0.2) is 0 Å². The normalized spacial score (nSPS) is 43.6. The SMILES string of the molecule is CC1=CCC2(C(C)C)CC12.CC1=CCC2(C(C)C)CC12. The van der Waals surface area contributed by atoms with Gasteiger partial charge in [-0.3, -0.25) is 0 Å². The van der Waals surface area contributed by atoms with Crippen molar-refractivity contribution < 1.29 is 0 Å². The van der Waals surface area contributed by atoms with Gasteiger partial charge in [-0.2, -0.15) is 0 Å². The molecular formula is C20H32. The summed E-state index contributed by atoms with van der Waals surface area (Å²) in [5.74, 6) is 3.75. The van der Waals surface area contributed by atoms with Crippen molar-refractivity contribution in [2.75, 3.05) is 0 Å². The van der Waals surface area contributed by atoms with Crippen LogP contribution in [-0.4, -0.2) is 0 Å². The van der Waals surface area contributed by atoms with Crippen molar-refractivity contribution in [2.45, 2.75) is 67.2 Å². The Labute approximate surface area is 125 Å². The van der Waals surface area contributed by atoms with Gasteiger partial charge in [0, 0.05) is 0 Å². The minimum Gasteiger partial charge on any atom is -0.0847 e. The van der Waals surface area contributed by atoms with Gasteiger partial charge >= 0.3 is 0 Å². The van der Waals surface area contributed by atoms with Gasteiger partial charge in [0.2, 0.25) is 0 Å². The van der Waals surface area contributed by atoms with E-state index in [1.54, 1.807) is 11.1 Å². The van der Waals surface area contributed by atoms with Gasteiger partial charge in [0.1, 0.15) is 0 Å². The first-order valence-corrected chi connectivity index (χ1v) is 8.67. The summed E-state index contributed by atoms with van der Waals surface area (Å²) in [6.45, 7) is 14.1. The third-order valence-corrected chi connectivity index (χ3v) is 7.24. The Morgan fingerprint density at radius 2 is 1.15 bits per heavy atom. The third kappa shape index (κ3) is 1.94. The highest BCUT2D eigenvalue weighted by atomic mass is 14.6. The molecule has 0 amide bonds. The molecule has 0 bridgehead atoms. The molecule has 4 rings (SSSR count). The molecule has 0 aromatic rings. The Kier molecular flexibility index (Phi) is 3.23. The fraction of sp³-hybridized carbons (Fsp3) is 0.800. The molecule has 0 saturated heterocycles. The number of allylic oxidation sites excluding steroid dienone is 4. The van der Waals surface area contributed by atoms with Crippen LogP contribution in [0.15, 0.2) is 23.3 Å². The second-order valence-corrected chi connectivity index (χ2v) is 8.59. The fourth-order valence-electron chi connectivity index (χ4n) is 5.06. The molecule has 0 heterocycles. The lowest BCUT2D eigenvalue weighted by molar-refractivity contribution is 0.354. The smallest absolute Gasteiger partial charge is 0.0138 e. The molecule has 0 aromatic heterocycles. The number of fused-ring (bicyclic) bond motifs is 2. The maximum atomic E-state index is 2.44. The second-order valence-electron chi connectivity index (χ2n) is 8.59. The zero-order valence-electron chi connectivity index (χ0n) is 14.3. The van der Waals surface area contributed by atoms with Gasteiger partial charge < -0.3 is 0 Å². The second kappa shape index (κ2) is 4.49. The predicted octanol–water partition coefficient (Wildman–Crippen LogP) is 6.00. The van der Waals surface area contributed by atoms with Crippen molar-refractivity contribution in [3.63, 3.8) is 0 Å². The van der Waals surface area contributed by atoms with Crippen molar-refractivity contribution in [3.05, 3.63) is 23.3 Å². The van der Waals surface area contributed by atoms with E-state index in [4.69, 9.17) is 0 Å². The zero-order chi connectivity index (χ0) is 14.7. The van der Waals surface area contributed by atoms with Crippen molar-refractivity contribution in [1.82, 2.24) is 0 Å². The first-order valence-electron chi connectivity index (χ1n) is 8.67. The van der Waals surface area contributed by atoms with Gasteiger partial charge in [-0.15, -0.1) is 0 Å². The molecule has 0 aromatic carbocycles. The number of hydrogen-bond acceptors (Lipinski definition) is 0. The van der Waals surface area contributed by atoms with E-state index in [0.29, 0.717) is 0 Å². The molecule has 2 saturated carbocycles. The average molecular weight is 272 g/mol. The molecule has 20 heavy (non-hydrogen) atoms. The van der Waals surface area contributed by atoms with Crippen LogP contribution in [-0.2, 0) is 0 Å². The Balaban J connectivity index is 0.000000121. The van der Waals surface area contributed by atoms with E-state index < -0.39 is 0 Å². The van der Waals surface area contributed by atoms with E-state index >= 15 is 0 Å². The quantitative estimate of drug-likeness (QED) is 0.541. The van der Waals surface area contributed by atoms with Crippen LogP contribution in [0, 0.1) is 34.5 Å². The standard InChI is InChI=1S/2C10H16/c2*1-7(2)10-5-4-8(3)9(10)6-10/h2*4,7,9H,5-6H2,1-3H3. The summed E-state index contributed by atoms with van der Waals surface area (Å²) in [6.07, 6.45) is 10.6. The molecule has 4 aliphatic carbocycles. The molecule has 0 heteroatoms. The van der Waals surface area contributed by atoms with Crippen LogP contribution >= 0.6 is 0 Å². The van der Waals surface area contributed by atoms with Crippen LogP contribution in [0.25, 0.3) is 0 Å². The van der Waals surface area contributed by atoms with E-state index in [1.807, 2.05) is 0 Å². The van der Waals surface area contributed by atoms with E-state index in [2.05, 4.69) is 53.7 Å². The van der Waals surface area contributed by atoms with Crippen molar-refractivity contribution in [3.8, 4) is 0 Å². The van der Waals surface area contributed by atoms with Crippen LogP contribution in [0.1, 0.15) is 67.2 Å². The lowest BCUT2D eigenvalue weighted by Crippen LogP contribution is -2.08. The molecule has 2 fully saturated rings. The van der Waals surface area contributed by atoms with Gasteiger partial charge in [-0.05, 0) is 74.0 Å². The maximum Gasteiger partial charge on any atom is -0.0138 e. The van der Waals surface area contributed by atoms with Crippen molar-refractivity contribution >= 4 is 0 Å². The first kappa shape index (κ1) is 14.4. The van der Waals surface area contributed by atoms with Gasteiger partial charge in [0.25, 0.3) is 0 Å². The van der Waals surface area contributed by atoms with E-state index in [-0.39, 0.29) is 0 Å². The molecule has 0 N–H and O–H groups in total. The first-order chi connectivity index (χ1) is 9.33. The highest BCUT2D eigenvalue weighted by Crippen LogP contribution is 2.67. The lowest BCUT2D eigenvalue weighted by atomic mass is 9.89. The summed E-state index contributed by atoms with van der Waals surface area (Å²) in [5, 5.41) is 0. The molecule has 0 radical (unpaired) electrons. The molecule has 4 atom stereocenters. The van der Waals surface area contributed by atoms with Crippen molar-refractivity contribution in [1.29, 1.82) is 0 Å². The average Bonchev–Trinajstić information content (AvgIpc) is 3.26. The summed E-state index contributed by atoms with van der Waals surface area (Å²) in [5.41, 5.74) is 4.80. The Bertz CT molecular complexity index is 420. The van der Waals surface area contributed by atoms with Crippen LogP contribution in [0.3, 0.4) is 0 Å². The highest BCUT2D eigenvalue weighted by Gasteiger charge is 2.58. The Hall–Kier alpha value is -0.520. The number of rotatable bonds is 2. The topological polar surface area (TPSA) is 0 Å². The van der Waals surface area contributed by atoms with Gasteiger partial charge in [-0.1, -0.05) is 51.0 Å². The maximum absolute atomic E-state index is 2.44. The Morgan fingerprint density at radius 1 is 0.800 bits per heavy atom. The molecule has 0 spiro atoms. The van der Waals surface area contributed by atoms with Gasteiger partial charge in [0.05, 0.1) is 0 Å². The molecule has 0 aliphatic heterocycles. The minimum absolute atomic E-state index is 0.740. The summed E-state index contributed by atoms with van der Waals surface area (Å²) in [4.78, 5) is 0. The van der Waals surface area contributed by atoms with E-state index in [1.165, 1.54) is 25.7 Å². The molecule has 0 nitrogen and oxygen atoms in total. The number of hydrogen-bond donors (Lipinski definition) is 0. The molecule has 112 valence electrons. The van der Waals surface area contributed by atoms with Crippen LogP contribution < -0.4 is 0 Å². The molecular weight excluding hydrogens is 240 g/mol. The fourth-order valence-corrected chi connectivity index (χ4v) is 5.06. The highest BCUT2D eigenvalue weighted by molar-refractivity contribution is 5.29. The lowest BCUT2D eigenvalue weighted by Gasteiger charge is -2.15. The van der Waals surface area contributed by atoms with Crippen molar-refractivity contribution in [2.24, 2.45) is 34.5 Å². The third-order valence-electron chi connectivity index (χ3n) is 7.24. The summed E-state index contributed by atoms with van der Waals surface area (Å²) in [6, 6.07) is 0. The summed E-state index contributed by atoms with van der Waals surface area (Å²) in [7, 11) is 0. The summed E-state index contributed by atoms with van der Waals surface area (Å²) >= 11 is 0. The molecule has 4 unspecified atom stereocenters. The largest absolute Gasteiger partial charge is 0.0847 e. The predicted molar refractivity (Wildman–Crippen MR) is 87.5 cm³/mol. The van der Waals surface area contributed by atoms with Crippen LogP contribution in [0.2, 0.25) is 0 Å². The van der Waals surface area contributed by atoms with E-state index in [9.17, 15) is 0 Å². The minimum atomic E-state index is 0.740. The van der Waals surface area contributed by atoms with Crippen LogP contribution in [0.4, 0.5) is 0 Å². The zero-order valence-corrected chi connectivity index (χ0v) is 14.3. The van der Waals surface area contributed by atoms with E-state index in [0.717, 1.165) is 34.5 Å². The monoisotopic (exact) mass is 272 g/mol.